The Labute approximate surface area is 106 Å². The molecule has 0 aromatic heterocycles. The summed E-state index contributed by atoms with van der Waals surface area (Å²) in [6.45, 7) is 4.51. The van der Waals surface area contributed by atoms with Crippen molar-refractivity contribution >= 4 is 20.0 Å². The Morgan fingerprint density at radius 1 is 1.35 bits per heavy atom. The summed E-state index contributed by atoms with van der Waals surface area (Å²) in [5.41, 5.74) is -0.486. The van der Waals surface area contributed by atoms with Gasteiger partial charge in [-0.15, -0.1) is 0 Å². The van der Waals surface area contributed by atoms with Gasteiger partial charge in [0.25, 0.3) is 0 Å². The van der Waals surface area contributed by atoms with Crippen LogP contribution in [-0.2, 0) is 27.7 Å². The lowest BCUT2D eigenvalue weighted by atomic mass is 9.90. The summed E-state index contributed by atoms with van der Waals surface area (Å²) in [4.78, 5) is 0. The second-order valence-electron chi connectivity index (χ2n) is 4.43. The fourth-order valence-electron chi connectivity index (χ4n) is 1.33. The standard InChI is InChI=1S/C9H17ClO6S/c1-9(2,6-15-17(10,11)12)7-8(16-7)14-5-4-13-3/h7-8H,4-6H2,1-3H3. The van der Waals surface area contributed by atoms with E-state index >= 15 is 0 Å². The summed E-state index contributed by atoms with van der Waals surface area (Å²) >= 11 is 0. The Balaban J connectivity index is 2.30. The lowest BCUT2D eigenvalue weighted by Gasteiger charge is -2.20. The van der Waals surface area contributed by atoms with Crippen LogP contribution in [0.3, 0.4) is 0 Å². The van der Waals surface area contributed by atoms with Crippen LogP contribution in [-0.4, -0.2) is 47.7 Å². The summed E-state index contributed by atoms with van der Waals surface area (Å²) in [5.74, 6) is 0. The molecule has 2 unspecified atom stereocenters. The van der Waals surface area contributed by atoms with Crippen molar-refractivity contribution in [2.45, 2.75) is 26.2 Å². The molecule has 0 N–H and O–H groups in total. The number of methoxy groups -OCH3 is 1. The SMILES string of the molecule is COCCOC1OC1C(C)(C)COS(=O)(=O)Cl. The average Bonchev–Trinajstić information content (AvgIpc) is 2.95. The fourth-order valence-corrected chi connectivity index (χ4v) is 1.91. The molecule has 2 atom stereocenters. The third-order valence-electron chi connectivity index (χ3n) is 2.36. The first kappa shape index (κ1) is 15.1. The lowest BCUT2D eigenvalue weighted by molar-refractivity contribution is 0.0165. The minimum Gasteiger partial charge on any atom is -0.382 e. The highest BCUT2D eigenvalue weighted by atomic mass is 35.7. The summed E-state index contributed by atoms with van der Waals surface area (Å²) in [7, 11) is 2.60. The maximum atomic E-state index is 10.7. The van der Waals surface area contributed by atoms with Crippen LogP contribution >= 0.6 is 10.7 Å². The van der Waals surface area contributed by atoms with E-state index in [0.29, 0.717) is 13.2 Å². The van der Waals surface area contributed by atoms with E-state index in [1.54, 1.807) is 7.11 Å². The lowest BCUT2D eigenvalue weighted by Crippen LogP contribution is -2.28. The van der Waals surface area contributed by atoms with E-state index in [-0.39, 0.29) is 19.0 Å². The average molecular weight is 289 g/mol. The third-order valence-corrected chi connectivity index (χ3v) is 3.03. The summed E-state index contributed by atoms with van der Waals surface area (Å²) in [5, 5.41) is 0. The first-order valence-corrected chi connectivity index (χ1v) is 7.35. The molecule has 1 heterocycles. The maximum absolute atomic E-state index is 10.7. The molecule has 1 rings (SSSR count). The zero-order chi connectivity index (χ0) is 13.1. The molecule has 0 spiro atoms. The zero-order valence-corrected chi connectivity index (χ0v) is 11.6. The van der Waals surface area contributed by atoms with E-state index < -0.39 is 14.7 Å². The quantitative estimate of drug-likeness (QED) is 0.375. The molecule has 8 heteroatoms. The molecule has 1 saturated heterocycles. The largest absolute Gasteiger partial charge is 0.382 e. The second-order valence-corrected chi connectivity index (χ2v) is 6.59. The van der Waals surface area contributed by atoms with Gasteiger partial charge >= 0.3 is 9.33 Å². The van der Waals surface area contributed by atoms with Gasteiger partial charge in [0.1, 0.15) is 6.10 Å². The molecule has 1 aliphatic rings. The van der Waals surface area contributed by atoms with Crippen molar-refractivity contribution < 1.29 is 26.8 Å². The van der Waals surface area contributed by atoms with E-state index in [4.69, 9.17) is 24.9 Å². The Kier molecular flexibility index (Phi) is 5.18. The number of rotatable bonds is 8. The highest BCUT2D eigenvalue weighted by Crippen LogP contribution is 2.39. The Morgan fingerprint density at radius 2 is 2.00 bits per heavy atom. The smallest absolute Gasteiger partial charge is 0.355 e. The molecule has 0 aromatic carbocycles. The number of epoxide rings is 1. The molecular formula is C9H17ClO6S. The molecule has 0 bridgehead atoms. The van der Waals surface area contributed by atoms with Crippen LogP contribution in [0.15, 0.2) is 0 Å². The van der Waals surface area contributed by atoms with Crippen LogP contribution in [0.25, 0.3) is 0 Å². The predicted octanol–water partition coefficient (Wildman–Crippen LogP) is 0.901. The minimum atomic E-state index is -3.95. The molecule has 1 fully saturated rings. The zero-order valence-electron chi connectivity index (χ0n) is 10.0. The molecular weight excluding hydrogens is 272 g/mol. The van der Waals surface area contributed by atoms with Crippen LogP contribution in [0.4, 0.5) is 0 Å². The number of ether oxygens (including phenoxy) is 3. The summed E-state index contributed by atoms with van der Waals surface area (Å²) < 4.78 is 41.4. The summed E-state index contributed by atoms with van der Waals surface area (Å²) in [6.07, 6.45) is -0.528. The molecule has 0 saturated carbocycles. The molecule has 0 aliphatic carbocycles. The predicted molar refractivity (Wildman–Crippen MR) is 61.0 cm³/mol. The van der Waals surface area contributed by atoms with Crippen LogP contribution in [0, 0.1) is 5.41 Å². The van der Waals surface area contributed by atoms with Gasteiger partial charge in [-0.1, -0.05) is 13.8 Å². The summed E-state index contributed by atoms with van der Waals surface area (Å²) in [6, 6.07) is 0. The van der Waals surface area contributed by atoms with Gasteiger partial charge in [-0.25, -0.2) is 0 Å². The van der Waals surface area contributed by atoms with E-state index in [9.17, 15) is 8.42 Å². The Bertz CT molecular complexity index is 341. The van der Waals surface area contributed by atoms with Gasteiger partial charge in [0, 0.05) is 23.2 Å². The second kappa shape index (κ2) is 5.81. The van der Waals surface area contributed by atoms with Crippen LogP contribution in [0.5, 0.6) is 0 Å². The number of hydrogen-bond donors (Lipinski definition) is 0. The van der Waals surface area contributed by atoms with Gasteiger partial charge in [-0.3, -0.25) is 4.18 Å². The molecule has 0 aromatic rings. The Morgan fingerprint density at radius 3 is 2.53 bits per heavy atom. The third kappa shape index (κ3) is 5.50. The minimum absolute atomic E-state index is 0.0480. The van der Waals surface area contributed by atoms with Gasteiger partial charge < -0.3 is 14.2 Å². The van der Waals surface area contributed by atoms with Gasteiger partial charge in [-0.2, -0.15) is 8.42 Å². The first-order valence-electron chi connectivity index (χ1n) is 5.11. The molecule has 0 radical (unpaired) electrons. The van der Waals surface area contributed by atoms with E-state index in [1.807, 2.05) is 13.8 Å². The van der Waals surface area contributed by atoms with Gasteiger partial charge in [0.05, 0.1) is 19.8 Å². The van der Waals surface area contributed by atoms with E-state index in [1.165, 1.54) is 0 Å². The highest BCUT2D eigenvalue weighted by molar-refractivity contribution is 8.09. The molecule has 6 nitrogen and oxygen atoms in total. The van der Waals surface area contributed by atoms with Crippen molar-refractivity contribution in [2.75, 3.05) is 26.9 Å². The molecule has 102 valence electrons. The van der Waals surface area contributed by atoms with E-state index in [2.05, 4.69) is 4.18 Å². The van der Waals surface area contributed by atoms with Crippen molar-refractivity contribution in [2.24, 2.45) is 5.41 Å². The fraction of sp³-hybridized carbons (Fsp3) is 1.00. The van der Waals surface area contributed by atoms with Gasteiger partial charge in [0.2, 0.25) is 0 Å². The van der Waals surface area contributed by atoms with Crippen molar-refractivity contribution in [3.05, 3.63) is 0 Å². The monoisotopic (exact) mass is 288 g/mol. The van der Waals surface area contributed by atoms with Gasteiger partial charge in [0.15, 0.2) is 6.29 Å². The van der Waals surface area contributed by atoms with E-state index in [0.717, 1.165) is 0 Å². The van der Waals surface area contributed by atoms with Crippen molar-refractivity contribution in [1.82, 2.24) is 0 Å². The maximum Gasteiger partial charge on any atom is 0.355 e. The van der Waals surface area contributed by atoms with Crippen LogP contribution in [0.2, 0.25) is 0 Å². The first-order chi connectivity index (χ1) is 7.76. The highest BCUT2D eigenvalue weighted by Gasteiger charge is 2.51. The van der Waals surface area contributed by atoms with Crippen LogP contribution < -0.4 is 0 Å². The van der Waals surface area contributed by atoms with Crippen molar-refractivity contribution in [3.8, 4) is 0 Å². The molecule has 1 aliphatic heterocycles. The van der Waals surface area contributed by atoms with Gasteiger partial charge in [-0.05, 0) is 0 Å². The normalized spacial score (nSPS) is 24.9. The van der Waals surface area contributed by atoms with Crippen molar-refractivity contribution in [1.29, 1.82) is 0 Å². The number of halogens is 1. The van der Waals surface area contributed by atoms with Crippen molar-refractivity contribution in [3.63, 3.8) is 0 Å². The molecule has 17 heavy (non-hydrogen) atoms. The van der Waals surface area contributed by atoms with Crippen LogP contribution in [0.1, 0.15) is 13.8 Å². The Hall–Kier alpha value is 0.0800. The molecule has 0 amide bonds. The topological polar surface area (TPSA) is 74.4 Å². The number of hydrogen-bond acceptors (Lipinski definition) is 6.